The topological polar surface area (TPSA) is 55.1 Å². The molecule has 3 N–H and O–H groups in total. The van der Waals surface area contributed by atoms with Crippen LogP contribution in [0.15, 0.2) is 29.2 Å². The normalized spacial score (nSPS) is 20.0. The molecule has 1 aliphatic heterocycles. The van der Waals surface area contributed by atoms with Gasteiger partial charge in [-0.1, -0.05) is 31.5 Å². The van der Waals surface area contributed by atoms with Crippen LogP contribution in [0.4, 0.5) is 0 Å². The Labute approximate surface area is 113 Å². The number of hydrogen-bond acceptors (Lipinski definition) is 3. The van der Waals surface area contributed by atoms with Gasteiger partial charge in [-0.2, -0.15) is 0 Å². The van der Waals surface area contributed by atoms with Crippen LogP contribution >= 0.6 is 11.8 Å². The van der Waals surface area contributed by atoms with Crippen LogP contribution < -0.4 is 11.1 Å². The van der Waals surface area contributed by atoms with Crippen LogP contribution in [0.2, 0.25) is 0 Å². The quantitative estimate of drug-likeness (QED) is 0.878. The fraction of sp³-hybridized carbons (Fsp3) is 0.500. The number of amides is 1. The van der Waals surface area contributed by atoms with Crippen molar-refractivity contribution in [3.63, 3.8) is 0 Å². The first-order valence-electron chi connectivity index (χ1n) is 6.50. The molecule has 1 aliphatic rings. The van der Waals surface area contributed by atoms with Gasteiger partial charge in [0.1, 0.15) is 0 Å². The Balaban J connectivity index is 2.05. The van der Waals surface area contributed by atoms with Gasteiger partial charge in [0, 0.05) is 10.6 Å². The molecule has 18 heavy (non-hydrogen) atoms. The van der Waals surface area contributed by atoms with Crippen LogP contribution in [-0.2, 0) is 4.79 Å². The number of carbonyl (C=O) groups excluding carboxylic acids is 1. The van der Waals surface area contributed by atoms with Crippen LogP contribution in [0.1, 0.15) is 37.8 Å². The van der Waals surface area contributed by atoms with E-state index in [1.165, 1.54) is 10.5 Å². The molecule has 0 aromatic heterocycles. The number of hydrogen-bond donors (Lipinski definition) is 2. The largest absolute Gasteiger partial charge is 0.348 e. The molecule has 2 atom stereocenters. The first-order valence-corrected chi connectivity index (χ1v) is 7.48. The second-order valence-corrected chi connectivity index (χ2v) is 5.77. The van der Waals surface area contributed by atoms with Gasteiger partial charge in [0.15, 0.2) is 0 Å². The van der Waals surface area contributed by atoms with E-state index in [0.717, 1.165) is 25.0 Å². The lowest BCUT2D eigenvalue weighted by atomic mass is 10.0. The number of nitrogens with two attached hydrogens (primary N) is 1. The first kappa shape index (κ1) is 13.4. The number of nitrogens with one attached hydrogen (secondary N) is 1. The van der Waals surface area contributed by atoms with Crippen LogP contribution in [-0.4, -0.2) is 17.7 Å². The van der Waals surface area contributed by atoms with Crippen molar-refractivity contribution in [1.82, 2.24) is 5.32 Å². The Bertz CT molecular complexity index is 422. The number of rotatable bonds is 4. The van der Waals surface area contributed by atoms with Gasteiger partial charge >= 0.3 is 0 Å². The summed E-state index contributed by atoms with van der Waals surface area (Å²) in [7, 11) is 0. The van der Waals surface area contributed by atoms with Gasteiger partial charge < -0.3 is 11.1 Å². The summed E-state index contributed by atoms with van der Waals surface area (Å²) < 4.78 is 0. The zero-order chi connectivity index (χ0) is 13.0. The van der Waals surface area contributed by atoms with E-state index in [1.54, 1.807) is 0 Å². The smallest absolute Gasteiger partial charge is 0.237 e. The molecular formula is C14H20N2OS. The molecular weight excluding hydrogens is 244 g/mol. The molecule has 0 fully saturated rings. The van der Waals surface area contributed by atoms with Crippen molar-refractivity contribution in [2.45, 2.75) is 43.2 Å². The number of thioether (sulfide) groups is 1. The molecule has 2 unspecified atom stereocenters. The minimum absolute atomic E-state index is 0.0245. The monoisotopic (exact) mass is 264 g/mol. The lowest BCUT2D eigenvalue weighted by molar-refractivity contribution is -0.123. The fourth-order valence-electron chi connectivity index (χ4n) is 2.21. The molecule has 0 bridgehead atoms. The maximum atomic E-state index is 12.0. The van der Waals surface area contributed by atoms with Crippen molar-refractivity contribution in [3.05, 3.63) is 29.8 Å². The van der Waals surface area contributed by atoms with Crippen molar-refractivity contribution in [3.8, 4) is 0 Å². The van der Waals surface area contributed by atoms with Gasteiger partial charge in [0.25, 0.3) is 0 Å². The zero-order valence-corrected chi connectivity index (χ0v) is 11.5. The van der Waals surface area contributed by atoms with Gasteiger partial charge in [0.05, 0.1) is 12.1 Å². The van der Waals surface area contributed by atoms with Crippen molar-refractivity contribution in [2.24, 2.45) is 5.73 Å². The predicted octanol–water partition coefficient (Wildman–Crippen LogP) is 2.47. The molecule has 1 aromatic rings. The summed E-state index contributed by atoms with van der Waals surface area (Å²) in [5.74, 6) is 1.02. The summed E-state index contributed by atoms with van der Waals surface area (Å²) in [5, 5.41) is 3.08. The van der Waals surface area contributed by atoms with E-state index in [2.05, 4.69) is 17.4 Å². The summed E-state index contributed by atoms with van der Waals surface area (Å²) in [4.78, 5) is 13.2. The van der Waals surface area contributed by atoms with Crippen molar-refractivity contribution in [2.75, 3.05) is 5.75 Å². The molecule has 1 heterocycles. The minimum Gasteiger partial charge on any atom is -0.348 e. The van der Waals surface area contributed by atoms with Gasteiger partial charge in [-0.3, -0.25) is 4.79 Å². The zero-order valence-electron chi connectivity index (χ0n) is 10.7. The third-order valence-corrected chi connectivity index (χ3v) is 4.33. The van der Waals surface area contributed by atoms with Crippen molar-refractivity contribution < 1.29 is 4.79 Å². The fourth-order valence-corrected chi connectivity index (χ4v) is 3.34. The lowest BCUT2D eigenvalue weighted by Crippen LogP contribution is -2.42. The van der Waals surface area contributed by atoms with E-state index in [9.17, 15) is 4.79 Å². The first-order chi connectivity index (χ1) is 8.72. The molecule has 0 spiro atoms. The highest BCUT2D eigenvalue weighted by atomic mass is 32.2. The standard InChI is InChI=1S/C14H20N2OS/c1-2-5-11(15)14(17)16-12-8-9-18-13-7-4-3-6-10(12)13/h3-4,6-7,11-12H,2,5,8-9,15H2,1H3,(H,16,17). The molecule has 0 saturated heterocycles. The maximum absolute atomic E-state index is 12.0. The van der Waals surface area contributed by atoms with Crippen LogP contribution in [0, 0.1) is 0 Å². The van der Waals surface area contributed by atoms with E-state index in [-0.39, 0.29) is 18.0 Å². The Kier molecular flexibility index (Phi) is 4.66. The molecule has 0 aliphatic carbocycles. The molecule has 0 radical (unpaired) electrons. The van der Waals surface area contributed by atoms with Crippen LogP contribution in [0.3, 0.4) is 0 Å². The second kappa shape index (κ2) is 6.25. The number of fused-ring (bicyclic) bond motifs is 1. The summed E-state index contributed by atoms with van der Waals surface area (Å²) in [6, 6.07) is 8.02. The summed E-state index contributed by atoms with van der Waals surface area (Å²) in [6.07, 6.45) is 2.66. The lowest BCUT2D eigenvalue weighted by Gasteiger charge is -2.27. The molecule has 1 amide bonds. The highest BCUT2D eigenvalue weighted by Gasteiger charge is 2.23. The van der Waals surface area contributed by atoms with E-state index >= 15 is 0 Å². The molecule has 4 heteroatoms. The van der Waals surface area contributed by atoms with E-state index in [4.69, 9.17) is 5.73 Å². The van der Waals surface area contributed by atoms with Gasteiger partial charge in [0.2, 0.25) is 5.91 Å². The third kappa shape index (κ3) is 3.06. The molecule has 1 aromatic carbocycles. The Morgan fingerprint density at radius 1 is 1.56 bits per heavy atom. The third-order valence-electron chi connectivity index (χ3n) is 3.21. The van der Waals surface area contributed by atoms with Crippen molar-refractivity contribution >= 4 is 17.7 Å². The Hall–Kier alpha value is -1.00. The van der Waals surface area contributed by atoms with E-state index in [1.807, 2.05) is 30.8 Å². The highest BCUT2D eigenvalue weighted by Crippen LogP contribution is 2.35. The number of benzene rings is 1. The Morgan fingerprint density at radius 3 is 3.11 bits per heavy atom. The SMILES string of the molecule is CCCC(N)C(=O)NC1CCSc2ccccc21. The second-order valence-electron chi connectivity index (χ2n) is 4.63. The van der Waals surface area contributed by atoms with Gasteiger partial charge in [-0.15, -0.1) is 11.8 Å². The molecule has 0 saturated carbocycles. The van der Waals surface area contributed by atoms with Gasteiger partial charge in [-0.25, -0.2) is 0 Å². The molecule has 98 valence electrons. The van der Waals surface area contributed by atoms with Gasteiger partial charge in [-0.05, 0) is 24.5 Å². The number of carbonyl (C=O) groups is 1. The van der Waals surface area contributed by atoms with E-state index in [0.29, 0.717) is 0 Å². The van der Waals surface area contributed by atoms with E-state index < -0.39 is 0 Å². The van der Waals surface area contributed by atoms with Crippen LogP contribution in [0.5, 0.6) is 0 Å². The average Bonchev–Trinajstić information content (AvgIpc) is 2.39. The summed E-state index contributed by atoms with van der Waals surface area (Å²) in [5.41, 5.74) is 7.08. The summed E-state index contributed by atoms with van der Waals surface area (Å²) in [6.45, 7) is 2.04. The highest BCUT2D eigenvalue weighted by molar-refractivity contribution is 7.99. The molecule has 3 nitrogen and oxygen atoms in total. The summed E-state index contributed by atoms with van der Waals surface area (Å²) >= 11 is 1.86. The van der Waals surface area contributed by atoms with Crippen molar-refractivity contribution in [1.29, 1.82) is 0 Å². The Morgan fingerprint density at radius 2 is 2.33 bits per heavy atom. The maximum Gasteiger partial charge on any atom is 0.237 e. The average molecular weight is 264 g/mol. The minimum atomic E-state index is -0.378. The van der Waals surface area contributed by atoms with Crippen LogP contribution in [0.25, 0.3) is 0 Å². The predicted molar refractivity (Wildman–Crippen MR) is 75.6 cm³/mol. The molecule has 2 rings (SSSR count).